The number of benzene rings is 2. The first-order valence-electron chi connectivity index (χ1n) is 11.5. The highest BCUT2D eigenvalue weighted by Gasteiger charge is 2.43. The number of phenolic OH excluding ortho intramolecular Hbond substituents is 1. The Balaban J connectivity index is 1.74. The summed E-state index contributed by atoms with van der Waals surface area (Å²) in [4.78, 5) is 6.61. The summed E-state index contributed by atoms with van der Waals surface area (Å²) in [7, 11) is 0. The van der Waals surface area contributed by atoms with Gasteiger partial charge in [0, 0.05) is 22.6 Å². The summed E-state index contributed by atoms with van der Waals surface area (Å²) in [5.41, 5.74) is 8.40. The number of pyridine rings is 1. The monoisotopic (exact) mass is 502 g/mol. The third kappa shape index (κ3) is 3.97. The Kier molecular flexibility index (Phi) is 6.03. The maximum absolute atomic E-state index is 10.8. The van der Waals surface area contributed by atoms with Crippen LogP contribution in [0.25, 0.3) is 5.69 Å². The predicted octanol–water partition coefficient (Wildman–Crippen LogP) is 6.64. The van der Waals surface area contributed by atoms with Gasteiger partial charge in [-0.25, -0.2) is 0 Å². The predicted molar refractivity (Wildman–Crippen MR) is 146 cm³/mol. The van der Waals surface area contributed by atoms with E-state index in [4.69, 9.17) is 23.8 Å². The highest BCUT2D eigenvalue weighted by atomic mass is 35.5. The van der Waals surface area contributed by atoms with E-state index in [1.807, 2.05) is 23.1 Å². The first kappa shape index (κ1) is 23.4. The third-order valence-electron chi connectivity index (χ3n) is 6.75. The Hall–Kier alpha value is -3.35. The summed E-state index contributed by atoms with van der Waals surface area (Å²) in [6, 6.07) is 19.0. The summed E-state index contributed by atoms with van der Waals surface area (Å²) in [5, 5.41) is 15.3. The molecule has 178 valence electrons. The lowest BCUT2D eigenvalue weighted by atomic mass is 9.96. The minimum atomic E-state index is -0.244. The lowest BCUT2D eigenvalue weighted by Crippen LogP contribution is -2.29. The molecule has 2 atom stereocenters. The second-order valence-electron chi connectivity index (χ2n) is 9.03. The number of phenols is 1. The summed E-state index contributed by atoms with van der Waals surface area (Å²) < 4.78 is 2.31. The molecule has 2 N–H and O–H groups in total. The SMILES string of the molecule is Cc1cccc(C)c1-n1c(C)cc([C@@H]2[C@@H](c3ccccn3)NC(=S)N2c2cc(Cl)ccc2O)c1C. The van der Waals surface area contributed by atoms with E-state index in [1.165, 1.54) is 16.8 Å². The van der Waals surface area contributed by atoms with E-state index in [1.54, 1.807) is 24.4 Å². The summed E-state index contributed by atoms with van der Waals surface area (Å²) in [6.45, 7) is 8.54. The first-order valence-corrected chi connectivity index (χ1v) is 12.3. The molecule has 1 aliphatic rings. The zero-order chi connectivity index (χ0) is 24.9. The van der Waals surface area contributed by atoms with Gasteiger partial charge in [-0.1, -0.05) is 35.9 Å². The average Bonchev–Trinajstić information content (AvgIpc) is 3.32. The topological polar surface area (TPSA) is 53.3 Å². The molecule has 2 aromatic heterocycles. The maximum atomic E-state index is 10.8. The zero-order valence-electron chi connectivity index (χ0n) is 20.1. The molecular formula is C28H27ClN4OS. The standard InChI is InChI=1S/C28H27ClN4OS/c1-16-8-7-9-17(2)26(16)32-18(3)14-21(19(32)4)27-25(22-10-5-6-13-30-22)31-28(35)33(27)23-15-20(29)11-12-24(23)34/h5-15,25,27,34H,1-4H3,(H,31,35)/t25-,27-/m1/s1. The zero-order valence-corrected chi connectivity index (χ0v) is 21.7. The van der Waals surface area contributed by atoms with Crippen LogP contribution in [-0.4, -0.2) is 19.8 Å². The molecule has 1 saturated heterocycles. The van der Waals surface area contributed by atoms with Crippen molar-refractivity contribution in [1.82, 2.24) is 14.9 Å². The number of thiocarbonyl (C=S) groups is 1. The molecule has 0 aliphatic carbocycles. The molecule has 4 aromatic rings. The van der Waals surface area contributed by atoms with E-state index in [0.717, 1.165) is 22.6 Å². The van der Waals surface area contributed by atoms with Gasteiger partial charge in [-0.3, -0.25) is 4.98 Å². The number of aromatic hydroxyl groups is 1. The van der Waals surface area contributed by atoms with Gasteiger partial charge in [0.25, 0.3) is 0 Å². The van der Waals surface area contributed by atoms with Gasteiger partial charge in [-0.15, -0.1) is 0 Å². The van der Waals surface area contributed by atoms with Crippen molar-refractivity contribution in [2.45, 2.75) is 39.8 Å². The smallest absolute Gasteiger partial charge is 0.174 e. The van der Waals surface area contributed by atoms with Crippen LogP contribution in [0.5, 0.6) is 5.75 Å². The lowest BCUT2D eigenvalue weighted by molar-refractivity contribution is 0.472. The van der Waals surface area contributed by atoms with Crippen LogP contribution in [0.15, 0.2) is 66.9 Å². The number of para-hydroxylation sites is 1. The largest absolute Gasteiger partial charge is 0.506 e. The molecule has 0 amide bonds. The number of nitrogens with one attached hydrogen (secondary N) is 1. The van der Waals surface area contributed by atoms with Crippen molar-refractivity contribution in [2.75, 3.05) is 4.90 Å². The molecule has 0 spiro atoms. The molecule has 1 aliphatic heterocycles. The number of hydrogen-bond donors (Lipinski definition) is 2. The van der Waals surface area contributed by atoms with Crippen molar-refractivity contribution >= 4 is 34.6 Å². The van der Waals surface area contributed by atoms with Crippen LogP contribution in [0.1, 0.15) is 45.9 Å². The van der Waals surface area contributed by atoms with Crippen molar-refractivity contribution in [3.05, 3.63) is 106 Å². The molecule has 35 heavy (non-hydrogen) atoms. The van der Waals surface area contributed by atoms with Gasteiger partial charge in [-0.05, 0) is 93.0 Å². The average molecular weight is 503 g/mol. The molecule has 5 rings (SSSR count). The Bertz CT molecular complexity index is 1410. The van der Waals surface area contributed by atoms with E-state index in [2.05, 4.69) is 66.8 Å². The van der Waals surface area contributed by atoms with E-state index in [9.17, 15) is 5.11 Å². The van der Waals surface area contributed by atoms with Crippen molar-refractivity contribution in [2.24, 2.45) is 0 Å². The second-order valence-corrected chi connectivity index (χ2v) is 9.86. The number of halogens is 1. The normalized spacial score (nSPS) is 17.6. The maximum Gasteiger partial charge on any atom is 0.174 e. The van der Waals surface area contributed by atoms with Gasteiger partial charge in [-0.2, -0.15) is 0 Å². The fourth-order valence-electron chi connectivity index (χ4n) is 5.21. The third-order valence-corrected chi connectivity index (χ3v) is 7.30. The quantitative estimate of drug-likeness (QED) is 0.306. The van der Waals surface area contributed by atoms with Crippen LogP contribution in [-0.2, 0) is 0 Å². The van der Waals surface area contributed by atoms with Crippen LogP contribution in [0.4, 0.5) is 5.69 Å². The van der Waals surface area contributed by atoms with E-state index in [-0.39, 0.29) is 17.8 Å². The fourth-order valence-corrected chi connectivity index (χ4v) is 5.71. The number of hydrogen-bond acceptors (Lipinski definition) is 3. The van der Waals surface area contributed by atoms with Gasteiger partial charge in [0.1, 0.15) is 5.75 Å². The fraction of sp³-hybridized carbons (Fsp3) is 0.214. The van der Waals surface area contributed by atoms with E-state index in [0.29, 0.717) is 15.8 Å². The number of aromatic nitrogens is 2. The molecule has 2 aromatic carbocycles. The Labute approximate surface area is 216 Å². The van der Waals surface area contributed by atoms with Crippen LogP contribution in [0.3, 0.4) is 0 Å². The highest BCUT2D eigenvalue weighted by Crippen LogP contribution is 2.46. The van der Waals surface area contributed by atoms with Crippen molar-refractivity contribution in [1.29, 1.82) is 0 Å². The number of rotatable bonds is 4. The van der Waals surface area contributed by atoms with E-state index < -0.39 is 0 Å². The van der Waals surface area contributed by atoms with Crippen LogP contribution < -0.4 is 10.2 Å². The molecule has 1 fully saturated rings. The lowest BCUT2D eigenvalue weighted by Gasteiger charge is -2.29. The Morgan fingerprint density at radius 3 is 2.40 bits per heavy atom. The number of nitrogens with zero attached hydrogens (tertiary/aromatic N) is 3. The van der Waals surface area contributed by atoms with Crippen molar-refractivity contribution < 1.29 is 5.11 Å². The molecular weight excluding hydrogens is 476 g/mol. The van der Waals surface area contributed by atoms with Crippen molar-refractivity contribution in [3.8, 4) is 11.4 Å². The molecule has 0 bridgehead atoms. The van der Waals surface area contributed by atoms with Gasteiger partial charge in [0.15, 0.2) is 5.11 Å². The highest BCUT2D eigenvalue weighted by molar-refractivity contribution is 7.80. The second kappa shape index (κ2) is 9.02. The number of anilines is 1. The summed E-state index contributed by atoms with van der Waals surface area (Å²) in [5.74, 6) is 0.119. The van der Waals surface area contributed by atoms with Gasteiger partial charge in [0.2, 0.25) is 0 Å². The van der Waals surface area contributed by atoms with Crippen LogP contribution in [0, 0.1) is 27.7 Å². The van der Waals surface area contributed by atoms with Crippen molar-refractivity contribution in [3.63, 3.8) is 0 Å². The Morgan fingerprint density at radius 2 is 1.71 bits per heavy atom. The van der Waals surface area contributed by atoms with Gasteiger partial charge >= 0.3 is 0 Å². The van der Waals surface area contributed by atoms with Gasteiger partial charge in [0.05, 0.1) is 29.2 Å². The van der Waals surface area contributed by atoms with E-state index >= 15 is 0 Å². The first-order chi connectivity index (χ1) is 16.8. The Morgan fingerprint density at radius 1 is 0.971 bits per heavy atom. The molecule has 3 heterocycles. The molecule has 7 heteroatoms. The summed E-state index contributed by atoms with van der Waals surface area (Å²) >= 11 is 12.2. The molecule has 0 unspecified atom stereocenters. The van der Waals surface area contributed by atoms with Crippen LogP contribution >= 0.6 is 23.8 Å². The molecule has 5 nitrogen and oxygen atoms in total. The summed E-state index contributed by atoms with van der Waals surface area (Å²) in [6.07, 6.45) is 1.79. The molecule has 0 radical (unpaired) electrons. The van der Waals surface area contributed by atoms with Gasteiger partial charge < -0.3 is 19.9 Å². The van der Waals surface area contributed by atoms with Crippen LogP contribution in [0.2, 0.25) is 5.02 Å². The minimum absolute atomic E-state index is 0.119. The minimum Gasteiger partial charge on any atom is -0.506 e. The molecule has 0 saturated carbocycles. The number of aryl methyl sites for hydroxylation is 3.